The molecule has 1 N–H and O–H groups in total. The van der Waals surface area contributed by atoms with Crippen LogP contribution in [0.5, 0.6) is 11.5 Å². The van der Waals surface area contributed by atoms with Crippen molar-refractivity contribution in [3.05, 3.63) is 23.3 Å². The molecule has 22 heavy (non-hydrogen) atoms. The lowest BCUT2D eigenvalue weighted by atomic mass is 9.53. The Balaban J connectivity index is 1.81. The number of fused-ring (bicyclic) bond motifs is 1. The summed E-state index contributed by atoms with van der Waals surface area (Å²) < 4.78 is 6.65. The van der Waals surface area contributed by atoms with Gasteiger partial charge in [-0.3, -0.25) is 0 Å². The van der Waals surface area contributed by atoms with Crippen LogP contribution < -0.4 is 4.74 Å². The van der Waals surface area contributed by atoms with Crippen LogP contribution in [0.4, 0.5) is 0 Å². The highest BCUT2D eigenvalue weighted by Crippen LogP contribution is 2.67. The summed E-state index contributed by atoms with van der Waals surface area (Å²) in [5.41, 5.74) is 3.06. The first-order valence-corrected chi connectivity index (χ1v) is 9.13. The molecule has 1 aromatic carbocycles. The molecule has 2 heterocycles. The van der Waals surface area contributed by atoms with Crippen LogP contribution in [0.3, 0.4) is 0 Å². The molecule has 3 aliphatic carbocycles. The molecule has 6 rings (SSSR count). The van der Waals surface area contributed by atoms with Gasteiger partial charge < -0.3 is 9.84 Å². The highest BCUT2D eigenvalue weighted by Gasteiger charge is 2.63. The Morgan fingerprint density at radius 1 is 1.23 bits per heavy atom. The van der Waals surface area contributed by atoms with E-state index in [1.165, 1.54) is 36.8 Å². The average Bonchev–Trinajstić information content (AvgIpc) is 2.82. The number of rotatable bonds is 1. The van der Waals surface area contributed by atoms with Crippen LogP contribution in [0.1, 0.15) is 69.4 Å². The Morgan fingerprint density at radius 2 is 2.09 bits per heavy atom. The van der Waals surface area contributed by atoms with E-state index in [9.17, 15) is 5.11 Å². The lowest BCUT2D eigenvalue weighted by Crippen LogP contribution is -2.52. The van der Waals surface area contributed by atoms with Crippen molar-refractivity contribution in [1.29, 1.82) is 0 Å². The summed E-state index contributed by atoms with van der Waals surface area (Å²) >= 11 is 0. The van der Waals surface area contributed by atoms with Gasteiger partial charge in [0.15, 0.2) is 11.5 Å². The molecule has 0 aromatic heterocycles. The van der Waals surface area contributed by atoms with Gasteiger partial charge in [-0.05, 0) is 86.0 Å². The van der Waals surface area contributed by atoms with Crippen molar-refractivity contribution < 1.29 is 9.84 Å². The van der Waals surface area contributed by atoms with E-state index in [-0.39, 0.29) is 11.0 Å². The van der Waals surface area contributed by atoms with E-state index in [0.717, 1.165) is 36.8 Å². The topological polar surface area (TPSA) is 29.5 Å². The smallest absolute Gasteiger partial charge is 0.162 e. The molecular weight excluding hydrogens is 272 g/mol. The number of phenols is 1. The van der Waals surface area contributed by atoms with Crippen LogP contribution in [-0.2, 0) is 6.42 Å². The largest absolute Gasteiger partial charge is 0.504 e. The van der Waals surface area contributed by atoms with Crippen LogP contribution in [0.2, 0.25) is 0 Å². The molecule has 1 aromatic rings. The quantitative estimate of drug-likeness (QED) is 0.807. The van der Waals surface area contributed by atoms with Gasteiger partial charge in [-0.1, -0.05) is 13.8 Å². The van der Waals surface area contributed by atoms with E-state index in [4.69, 9.17) is 4.74 Å². The zero-order valence-electron chi connectivity index (χ0n) is 13.7. The number of hydrogen-bond donors (Lipinski definition) is 1. The van der Waals surface area contributed by atoms with E-state index in [1.54, 1.807) is 0 Å². The van der Waals surface area contributed by atoms with Crippen LogP contribution in [-0.4, -0.2) is 10.7 Å². The summed E-state index contributed by atoms with van der Waals surface area (Å²) in [6.07, 6.45) is 8.54. The minimum absolute atomic E-state index is 0.0775. The van der Waals surface area contributed by atoms with Gasteiger partial charge in [0.25, 0.3) is 0 Å². The van der Waals surface area contributed by atoms with E-state index in [0.29, 0.717) is 11.7 Å². The van der Waals surface area contributed by atoms with Crippen molar-refractivity contribution in [1.82, 2.24) is 0 Å². The summed E-state index contributed by atoms with van der Waals surface area (Å²) in [6.45, 7) is 4.77. The van der Waals surface area contributed by atoms with Gasteiger partial charge >= 0.3 is 0 Å². The van der Waals surface area contributed by atoms with Crippen LogP contribution in [0.25, 0.3) is 0 Å². The van der Waals surface area contributed by atoms with Crippen molar-refractivity contribution in [2.24, 2.45) is 17.3 Å². The standard InChI is InChI=1S/C20H26O2/c1-3-20-9-7-16-14-5-4-12-10-17(21)18(22-20)11-15(12)13(14)6-8-19(16,20)2/h10-11,13-14,16,21H,3-9H2,1-2H3/t13-,14+,16-,19-,20+/m0/s1. The monoisotopic (exact) mass is 298 g/mol. The highest BCUT2D eigenvalue weighted by atomic mass is 16.5. The predicted molar refractivity (Wildman–Crippen MR) is 86.4 cm³/mol. The first-order chi connectivity index (χ1) is 10.6. The first kappa shape index (κ1) is 13.3. The predicted octanol–water partition coefficient (Wildman–Crippen LogP) is 4.79. The Morgan fingerprint density at radius 3 is 2.91 bits per heavy atom. The zero-order valence-corrected chi connectivity index (χ0v) is 13.7. The Bertz CT molecular complexity index is 651. The van der Waals surface area contributed by atoms with Gasteiger partial charge in [0.2, 0.25) is 0 Å². The van der Waals surface area contributed by atoms with Crippen molar-refractivity contribution in [2.75, 3.05) is 0 Å². The molecule has 2 fully saturated rings. The fraction of sp³-hybridized carbons (Fsp3) is 0.700. The molecule has 0 unspecified atom stereocenters. The molecule has 2 nitrogen and oxygen atoms in total. The summed E-state index contributed by atoms with van der Waals surface area (Å²) in [6, 6.07) is 4.20. The number of aromatic hydroxyl groups is 1. The second-order valence-electron chi connectivity index (χ2n) is 8.38. The third-order valence-electron chi connectivity index (χ3n) is 7.97. The normalized spacial score (nSPS) is 44.4. The SMILES string of the molecule is CC[C@@]12CC[C@H]3[C@@H]4CCc5cc(O)c(cc5[C@H]4CC[C@@]31C)O2. The number of benzene rings is 1. The molecule has 2 heteroatoms. The van der Waals surface area contributed by atoms with Gasteiger partial charge in [-0.25, -0.2) is 0 Å². The highest BCUT2D eigenvalue weighted by molar-refractivity contribution is 5.50. The molecule has 2 aliphatic heterocycles. The van der Waals surface area contributed by atoms with Gasteiger partial charge in [0.05, 0.1) is 0 Å². The molecule has 0 amide bonds. The van der Waals surface area contributed by atoms with Crippen LogP contribution in [0, 0.1) is 17.3 Å². The maximum absolute atomic E-state index is 10.5. The maximum Gasteiger partial charge on any atom is 0.162 e. The van der Waals surface area contributed by atoms with Crippen molar-refractivity contribution in [3.8, 4) is 11.5 Å². The van der Waals surface area contributed by atoms with Gasteiger partial charge in [-0.15, -0.1) is 0 Å². The Labute approximate surface area is 132 Å². The number of phenolic OH excluding ortho intramolecular Hbond substituents is 1. The third kappa shape index (κ3) is 1.34. The molecule has 7 bridgehead atoms. The number of ether oxygens (including phenoxy) is 1. The number of aryl methyl sites for hydroxylation is 1. The zero-order chi connectivity index (χ0) is 15.1. The van der Waals surface area contributed by atoms with Crippen LogP contribution >= 0.6 is 0 Å². The molecule has 118 valence electrons. The Hall–Kier alpha value is -1.18. The fourth-order valence-corrected chi connectivity index (χ4v) is 6.79. The second kappa shape index (κ2) is 4.01. The summed E-state index contributed by atoms with van der Waals surface area (Å²) in [5.74, 6) is 3.45. The molecular formula is C20H26O2. The molecule has 0 radical (unpaired) electrons. The Kier molecular flexibility index (Phi) is 2.42. The summed E-state index contributed by atoms with van der Waals surface area (Å²) in [5, 5.41) is 10.5. The van der Waals surface area contributed by atoms with E-state index in [1.807, 2.05) is 6.07 Å². The van der Waals surface area contributed by atoms with E-state index in [2.05, 4.69) is 19.9 Å². The average molecular weight is 298 g/mol. The lowest BCUT2D eigenvalue weighted by molar-refractivity contribution is -0.0846. The van der Waals surface area contributed by atoms with E-state index < -0.39 is 0 Å². The van der Waals surface area contributed by atoms with Crippen molar-refractivity contribution >= 4 is 0 Å². The van der Waals surface area contributed by atoms with Crippen LogP contribution in [0.15, 0.2) is 12.1 Å². The number of hydrogen-bond acceptors (Lipinski definition) is 2. The summed E-state index contributed by atoms with van der Waals surface area (Å²) in [7, 11) is 0. The van der Waals surface area contributed by atoms with Gasteiger partial charge in [0.1, 0.15) is 5.60 Å². The molecule has 2 saturated carbocycles. The lowest BCUT2D eigenvalue weighted by Gasteiger charge is -2.53. The van der Waals surface area contributed by atoms with Gasteiger partial charge in [0, 0.05) is 5.41 Å². The molecule has 0 saturated heterocycles. The molecule has 0 spiro atoms. The first-order valence-electron chi connectivity index (χ1n) is 9.13. The van der Waals surface area contributed by atoms with Crippen molar-refractivity contribution in [2.45, 2.75) is 70.3 Å². The molecule has 5 atom stereocenters. The minimum atomic E-state index is -0.0775. The fourth-order valence-electron chi connectivity index (χ4n) is 6.79. The molecule has 5 aliphatic rings. The maximum atomic E-state index is 10.5. The minimum Gasteiger partial charge on any atom is -0.504 e. The van der Waals surface area contributed by atoms with E-state index >= 15 is 0 Å². The van der Waals surface area contributed by atoms with Gasteiger partial charge in [-0.2, -0.15) is 0 Å². The second-order valence-corrected chi connectivity index (χ2v) is 8.38. The summed E-state index contributed by atoms with van der Waals surface area (Å²) in [4.78, 5) is 0. The van der Waals surface area contributed by atoms with Crippen molar-refractivity contribution in [3.63, 3.8) is 0 Å². The third-order valence-corrected chi connectivity index (χ3v) is 7.97.